The number of hydrogen-bond acceptors (Lipinski definition) is 3. The fourth-order valence-electron chi connectivity index (χ4n) is 1.75. The Hall–Kier alpha value is -0.320. The van der Waals surface area contributed by atoms with Crippen LogP contribution in [0.25, 0.3) is 0 Å². The van der Waals surface area contributed by atoms with Crippen LogP contribution in [0.15, 0.2) is 16.7 Å². The number of nitrogens with two attached hydrogens (primary N) is 1. The zero-order chi connectivity index (χ0) is 10.8. The molecule has 1 aliphatic rings. The van der Waals surface area contributed by atoms with Crippen molar-refractivity contribution in [2.45, 2.75) is 18.9 Å². The van der Waals surface area contributed by atoms with Gasteiger partial charge in [-0.3, -0.25) is 0 Å². The Morgan fingerprint density at radius 1 is 1.47 bits per heavy atom. The van der Waals surface area contributed by atoms with Crippen LogP contribution in [0.2, 0.25) is 5.02 Å². The Morgan fingerprint density at radius 2 is 2.13 bits per heavy atom. The van der Waals surface area contributed by atoms with Crippen LogP contribution in [0, 0.1) is 0 Å². The maximum absolute atomic E-state index is 6.13. The SMILES string of the molecule is NC1CCN(c2ncc(Br)cc2Cl)CC1. The van der Waals surface area contributed by atoms with E-state index in [0.29, 0.717) is 11.1 Å². The van der Waals surface area contributed by atoms with E-state index in [1.807, 2.05) is 6.07 Å². The number of anilines is 1. The van der Waals surface area contributed by atoms with Crippen molar-refractivity contribution < 1.29 is 0 Å². The van der Waals surface area contributed by atoms with Gasteiger partial charge < -0.3 is 10.6 Å². The van der Waals surface area contributed by atoms with Crippen molar-refractivity contribution in [1.29, 1.82) is 0 Å². The lowest BCUT2D eigenvalue weighted by atomic mass is 10.1. The Kier molecular flexibility index (Phi) is 3.49. The van der Waals surface area contributed by atoms with Crippen molar-refractivity contribution in [2.75, 3.05) is 18.0 Å². The van der Waals surface area contributed by atoms with Gasteiger partial charge in [0.1, 0.15) is 5.82 Å². The van der Waals surface area contributed by atoms with Crippen LogP contribution in [0.4, 0.5) is 5.82 Å². The number of nitrogens with zero attached hydrogens (tertiary/aromatic N) is 2. The fraction of sp³-hybridized carbons (Fsp3) is 0.500. The van der Waals surface area contributed by atoms with Gasteiger partial charge in [-0.25, -0.2) is 4.98 Å². The molecule has 0 aliphatic carbocycles. The maximum Gasteiger partial charge on any atom is 0.147 e. The van der Waals surface area contributed by atoms with Gasteiger partial charge in [-0.2, -0.15) is 0 Å². The summed E-state index contributed by atoms with van der Waals surface area (Å²) < 4.78 is 0.907. The summed E-state index contributed by atoms with van der Waals surface area (Å²) in [6.07, 6.45) is 3.79. The first-order valence-electron chi connectivity index (χ1n) is 4.98. The van der Waals surface area contributed by atoms with Crippen molar-refractivity contribution in [3.63, 3.8) is 0 Å². The summed E-state index contributed by atoms with van der Waals surface area (Å²) in [5.41, 5.74) is 5.85. The molecule has 0 atom stereocenters. The molecule has 2 rings (SSSR count). The highest BCUT2D eigenvalue weighted by molar-refractivity contribution is 9.10. The lowest BCUT2D eigenvalue weighted by molar-refractivity contribution is 0.498. The van der Waals surface area contributed by atoms with Gasteiger partial charge in [0.15, 0.2) is 0 Å². The van der Waals surface area contributed by atoms with Crippen molar-refractivity contribution in [3.8, 4) is 0 Å². The minimum Gasteiger partial charge on any atom is -0.355 e. The molecule has 0 bridgehead atoms. The number of rotatable bonds is 1. The monoisotopic (exact) mass is 289 g/mol. The highest BCUT2D eigenvalue weighted by Gasteiger charge is 2.19. The summed E-state index contributed by atoms with van der Waals surface area (Å²) in [6, 6.07) is 2.20. The van der Waals surface area contributed by atoms with Crippen LogP contribution in [-0.4, -0.2) is 24.1 Å². The van der Waals surface area contributed by atoms with Crippen molar-refractivity contribution in [3.05, 3.63) is 21.8 Å². The van der Waals surface area contributed by atoms with Crippen molar-refractivity contribution >= 4 is 33.3 Å². The number of pyridine rings is 1. The lowest BCUT2D eigenvalue weighted by Gasteiger charge is -2.31. The summed E-state index contributed by atoms with van der Waals surface area (Å²) in [6.45, 7) is 1.88. The van der Waals surface area contributed by atoms with E-state index in [-0.39, 0.29) is 0 Å². The molecule has 0 amide bonds. The summed E-state index contributed by atoms with van der Waals surface area (Å²) in [5.74, 6) is 0.867. The number of aromatic nitrogens is 1. The normalized spacial score (nSPS) is 18.2. The minimum atomic E-state index is 0.329. The summed E-state index contributed by atoms with van der Waals surface area (Å²) in [5, 5.41) is 0.694. The molecule has 82 valence electrons. The molecule has 0 radical (unpaired) electrons. The predicted octanol–water partition coefficient (Wildman–Crippen LogP) is 2.42. The second-order valence-electron chi connectivity index (χ2n) is 3.78. The molecule has 0 saturated carbocycles. The number of piperidine rings is 1. The molecule has 0 aromatic carbocycles. The van der Waals surface area contributed by atoms with Gasteiger partial charge in [0.2, 0.25) is 0 Å². The summed E-state index contributed by atoms with van der Waals surface area (Å²) >= 11 is 9.48. The number of halogens is 2. The molecular formula is C10H13BrClN3. The van der Waals surface area contributed by atoms with E-state index in [4.69, 9.17) is 17.3 Å². The van der Waals surface area contributed by atoms with E-state index in [1.165, 1.54) is 0 Å². The molecule has 0 spiro atoms. The lowest BCUT2D eigenvalue weighted by Crippen LogP contribution is -2.40. The second-order valence-corrected chi connectivity index (χ2v) is 5.11. The van der Waals surface area contributed by atoms with E-state index in [0.717, 1.165) is 36.2 Å². The first kappa shape index (κ1) is 11.2. The zero-order valence-electron chi connectivity index (χ0n) is 8.29. The van der Waals surface area contributed by atoms with Crippen LogP contribution < -0.4 is 10.6 Å². The molecule has 3 nitrogen and oxygen atoms in total. The van der Waals surface area contributed by atoms with Gasteiger partial charge in [-0.05, 0) is 34.8 Å². The van der Waals surface area contributed by atoms with Gasteiger partial charge >= 0.3 is 0 Å². The highest BCUT2D eigenvalue weighted by atomic mass is 79.9. The predicted molar refractivity (Wildman–Crippen MR) is 66.4 cm³/mol. The van der Waals surface area contributed by atoms with Gasteiger partial charge in [0, 0.05) is 29.8 Å². The topological polar surface area (TPSA) is 42.1 Å². The molecule has 1 aromatic rings. The first-order valence-corrected chi connectivity index (χ1v) is 6.15. The van der Waals surface area contributed by atoms with Crippen LogP contribution >= 0.6 is 27.5 Å². The van der Waals surface area contributed by atoms with Crippen LogP contribution in [0.3, 0.4) is 0 Å². The number of hydrogen-bond donors (Lipinski definition) is 1. The fourth-order valence-corrected chi connectivity index (χ4v) is 2.50. The van der Waals surface area contributed by atoms with E-state index < -0.39 is 0 Å². The first-order chi connectivity index (χ1) is 7.16. The quantitative estimate of drug-likeness (QED) is 0.864. The van der Waals surface area contributed by atoms with Crippen molar-refractivity contribution in [2.24, 2.45) is 5.73 Å². The molecule has 1 aromatic heterocycles. The average molecular weight is 291 g/mol. The Morgan fingerprint density at radius 3 is 2.73 bits per heavy atom. The van der Waals surface area contributed by atoms with E-state index in [9.17, 15) is 0 Å². The average Bonchev–Trinajstić information content (AvgIpc) is 2.20. The molecule has 1 aliphatic heterocycles. The molecule has 15 heavy (non-hydrogen) atoms. The minimum absolute atomic E-state index is 0.329. The van der Waals surface area contributed by atoms with E-state index in [2.05, 4.69) is 25.8 Å². The van der Waals surface area contributed by atoms with Gasteiger partial charge in [0.05, 0.1) is 5.02 Å². The smallest absolute Gasteiger partial charge is 0.147 e. The molecule has 1 saturated heterocycles. The maximum atomic E-state index is 6.13. The molecule has 5 heteroatoms. The molecule has 2 heterocycles. The van der Waals surface area contributed by atoms with E-state index >= 15 is 0 Å². The largest absolute Gasteiger partial charge is 0.355 e. The van der Waals surface area contributed by atoms with Gasteiger partial charge in [0.25, 0.3) is 0 Å². The van der Waals surface area contributed by atoms with Crippen LogP contribution in [0.1, 0.15) is 12.8 Å². The third-order valence-corrected chi connectivity index (χ3v) is 3.34. The highest BCUT2D eigenvalue weighted by Crippen LogP contribution is 2.27. The van der Waals surface area contributed by atoms with E-state index in [1.54, 1.807) is 6.20 Å². The zero-order valence-corrected chi connectivity index (χ0v) is 10.6. The Balaban J connectivity index is 2.15. The molecular weight excluding hydrogens is 277 g/mol. The van der Waals surface area contributed by atoms with Gasteiger partial charge in [-0.1, -0.05) is 11.6 Å². The van der Waals surface area contributed by atoms with Gasteiger partial charge in [-0.15, -0.1) is 0 Å². The second kappa shape index (κ2) is 4.68. The summed E-state index contributed by atoms with van der Waals surface area (Å²) in [4.78, 5) is 6.53. The van der Waals surface area contributed by atoms with Crippen LogP contribution in [0.5, 0.6) is 0 Å². The molecule has 1 fully saturated rings. The van der Waals surface area contributed by atoms with Crippen molar-refractivity contribution in [1.82, 2.24) is 4.98 Å². The Labute approximate surface area is 103 Å². The van der Waals surface area contributed by atoms with Crippen LogP contribution in [-0.2, 0) is 0 Å². The molecule has 0 unspecified atom stereocenters. The summed E-state index contributed by atoms with van der Waals surface area (Å²) in [7, 11) is 0. The third-order valence-electron chi connectivity index (χ3n) is 2.63. The third kappa shape index (κ3) is 2.62. The molecule has 2 N–H and O–H groups in total. The standard InChI is InChI=1S/C10H13BrClN3/c11-7-5-9(12)10(14-6-7)15-3-1-8(13)2-4-15/h5-6,8H,1-4,13H2. The Bertz CT molecular complexity index is 351.